The van der Waals surface area contributed by atoms with Crippen molar-refractivity contribution in [2.75, 3.05) is 20.1 Å². The number of nitrogens with one attached hydrogen (secondary N) is 5. The molecule has 6 N–H and O–H groups in total. The fraction of sp³-hybridized carbons (Fsp3) is 0.182. The van der Waals surface area contributed by atoms with Crippen molar-refractivity contribution >= 4 is 72.4 Å². The van der Waals surface area contributed by atoms with Crippen molar-refractivity contribution in [2.24, 2.45) is 0 Å². The maximum absolute atomic E-state index is 13.6. The van der Waals surface area contributed by atoms with Gasteiger partial charge in [0.2, 0.25) is 17.7 Å². The summed E-state index contributed by atoms with van der Waals surface area (Å²) in [7, 11) is 1.43. The number of hydrogen-bond acceptors (Lipinski definition) is 8. The molecule has 0 unspecified atom stereocenters. The molecule has 0 fully saturated rings. The molecule has 5 aromatic rings. The van der Waals surface area contributed by atoms with Crippen LogP contribution >= 0.6 is 22.7 Å². The fourth-order valence-electron chi connectivity index (χ4n) is 4.64. The molecule has 2 atom stereocenters. The second-order valence-corrected chi connectivity index (χ2v) is 12.5. The summed E-state index contributed by atoms with van der Waals surface area (Å²) in [5, 5.41) is 24.5. The highest BCUT2D eigenvalue weighted by Crippen LogP contribution is 2.26. The summed E-state index contributed by atoms with van der Waals surface area (Å²) in [6, 6.07) is 22.4. The van der Waals surface area contributed by atoms with Crippen molar-refractivity contribution in [3.8, 4) is 5.75 Å². The van der Waals surface area contributed by atoms with Gasteiger partial charge in [-0.25, -0.2) is 0 Å². The van der Waals surface area contributed by atoms with Crippen LogP contribution in [0.1, 0.15) is 24.9 Å². The monoisotopic (exact) mass is 657 g/mol. The van der Waals surface area contributed by atoms with Crippen molar-refractivity contribution in [3.05, 3.63) is 100 Å². The molecule has 5 rings (SSSR count). The minimum Gasteiger partial charge on any atom is -0.508 e. The summed E-state index contributed by atoms with van der Waals surface area (Å²) in [6.07, 6.45) is 0.0877. The number of phenolic OH excluding ortho intramolecular Hbond substituents is 1. The van der Waals surface area contributed by atoms with Gasteiger partial charge in [-0.3, -0.25) is 24.0 Å². The second kappa shape index (κ2) is 14.7. The normalized spacial score (nSPS) is 12.2. The molecule has 0 saturated heterocycles. The number of thiophene rings is 2. The van der Waals surface area contributed by atoms with E-state index in [1.165, 1.54) is 41.9 Å². The van der Waals surface area contributed by atoms with Gasteiger partial charge in [-0.05, 0) is 52.7 Å². The van der Waals surface area contributed by atoms with Crippen molar-refractivity contribution < 1.29 is 29.1 Å². The lowest BCUT2D eigenvalue weighted by molar-refractivity contribution is -0.127. The Kier molecular flexibility index (Phi) is 10.2. The van der Waals surface area contributed by atoms with Gasteiger partial charge in [0.25, 0.3) is 11.8 Å². The van der Waals surface area contributed by atoms with Crippen LogP contribution in [0.25, 0.3) is 20.2 Å². The first kappa shape index (κ1) is 32.1. The largest absolute Gasteiger partial charge is 0.508 e. The van der Waals surface area contributed by atoms with Gasteiger partial charge in [0.05, 0.1) is 16.3 Å². The number of benzene rings is 3. The van der Waals surface area contributed by atoms with Crippen LogP contribution in [0.3, 0.4) is 0 Å². The van der Waals surface area contributed by atoms with E-state index < -0.39 is 41.6 Å². The molecule has 0 saturated carbocycles. The number of hydrogen-bond donors (Lipinski definition) is 6. The summed E-state index contributed by atoms with van der Waals surface area (Å²) in [6.45, 7) is -0.646. The van der Waals surface area contributed by atoms with Crippen LogP contribution in [0.2, 0.25) is 0 Å². The number of fused-ring (bicyclic) bond motifs is 2. The van der Waals surface area contributed by atoms with Crippen LogP contribution in [-0.2, 0) is 20.8 Å². The highest BCUT2D eigenvalue weighted by atomic mass is 32.1. The minimum absolute atomic E-state index is 0.0547. The van der Waals surface area contributed by atoms with Gasteiger partial charge in [-0.1, -0.05) is 48.5 Å². The molecule has 13 heteroatoms. The molecule has 46 heavy (non-hydrogen) atoms. The summed E-state index contributed by atoms with van der Waals surface area (Å²) < 4.78 is 1.82. The average molecular weight is 658 g/mol. The van der Waals surface area contributed by atoms with E-state index in [1.54, 1.807) is 24.3 Å². The Hall–Kier alpha value is -5.27. The summed E-state index contributed by atoms with van der Waals surface area (Å²) >= 11 is 2.56. The van der Waals surface area contributed by atoms with Crippen molar-refractivity contribution in [2.45, 2.75) is 18.5 Å². The first-order valence-electron chi connectivity index (χ1n) is 14.3. The minimum atomic E-state index is -1.24. The highest BCUT2D eigenvalue weighted by molar-refractivity contribution is 7.21. The van der Waals surface area contributed by atoms with E-state index in [9.17, 15) is 29.1 Å². The summed E-state index contributed by atoms with van der Waals surface area (Å²) in [4.78, 5) is 65.8. The van der Waals surface area contributed by atoms with E-state index in [1.807, 2.05) is 48.5 Å². The van der Waals surface area contributed by atoms with E-state index in [0.717, 1.165) is 20.2 Å². The summed E-state index contributed by atoms with van der Waals surface area (Å²) in [5.74, 6) is -2.62. The zero-order chi connectivity index (χ0) is 32.6. The number of likely N-dealkylation sites (N-methyl/N-ethyl adjacent to an activating group) is 1. The maximum Gasteiger partial charge on any atom is 0.262 e. The van der Waals surface area contributed by atoms with E-state index in [-0.39, 0.29) is 25.3 Å². The molecule has 0 aliphatic rings. The fourth-order valence-corrected chi connectivity index (χ4v) is 6.57. The zero-order valence-corrected chi connectivity index (χ0v) is 26.3. The molecular weight excluding hydrogens is 627 g/mol. The predicted octanol–water partition coefficient (Wildman–Crippen LogP) is 2.94. The Bertz CT molecular complexity index is 1840. The van der Waals surface area contributed by atoms with Crippen molar-refractivity contribution in [1.82, 2.24) is 26.6 Å². The molecule has 5 amide bonds. The third kappa shape index (κ3) is 8.06. The highest BCUT2D eigenvalue weighted by Gasteiger charge is 2.27. The number of amides is 5. The molecule has 0 aliphatic heterocycles. The molecule has 236 valence electrons. The van der Waals surface area contributed by atoms with Crippen LogP contribution in [0.15, 0.2) is 84.9 Å². The zero-order valence-electron chi connectivity index (χ0n) is 24.7. The number of carbonyl (C=O) groups excluding carboxylic acids is 5. The van der Waals surface area contributed by atoms with Gasteiger partial charge in [0, 0.05) is 29.4 Å². The van der Waals surface area contributed by atoms with Gasteiger partial charge in [0.1, 0.15) is 17.8 Å². The molecular formula is C33H31N5O6S2. The lowest BCUT2D eigenvalue weighted by atomic mass is 10.0. The number of aromatic hydroxyl groups is 1. The molecule has 2 heterocycles. The van der Waals surface area contributed by atoms with Gasteiger partial charge < -0.3 is 31.7 Å². The number of carbonyl (C=O) groups is 5. The Morgan fingerprint density at radius 3 is 1.76 bits per heavy atom. The molecule has 0 spiro atoms. The standard InChI is InChI=1S/C33H31N5O6S2/c1-34-29(40)18-36-31(42)24(38-33(44)28-16-21-7-3-5-9-26(21)46-28)17-35-30(41)23(14-19-10-12-22(39)13-11-19)37-32(43)27-15-20-6-2-4-8-25(20)45-27/h2-13,15-16,23-24,39H,14,17-18H2,1H3,(H,34,40)(H,35,41)(H,36,42)(H,37,43)(H,38,44)/t23-,24+/m0/s1. The lowest BCUT2D eigenvalue weighted by Gasteiger charge is -2.22. The quantitative estimate of drug-likeness (QED) is 0.121. The third-order valence-electron chi connectivity index (χ3n) is 7.10. The smallest absolute Gasteiger partial charge is 0.262 e. The van der Waals surface area contributed by atoms with Gasteiger partial charge >= 0.3 is 0 Å². The molecule has 0 radical (unpaired) electrons. The van der Waals surface area contributed by atoms with Crippen molar-refractivity contribution in [3.63, 3.8) is 0 Å². The van der Waals surface area contributed by atoms with Gasteiger partial charge in [0.15, 0.2) is 0 Å². The average Bonchev–Trinajstić information content (AvgIpc) is 3.71. The second-order valence-electron chi connectivity index (χ2n) is 10.4. The number of phenols is 1. The van der Waals surface area contributed by atoms with E-state index >= 15 is 0 Å². The SMILES string of the molecule is CNC(=O)CNC(=O)[C@@H](CNC(=O)[C@H](Cc1ccc(O)cc1)NC(=O)c1cc2ccccc2s1)NC(=O)c1cc2ccccc2s1. The summed E-state index contributed by atoms with van der Waals surface area (Å²) in [5.41, 5.74) is 0.674. The molecule has 0 bridgehead atoms. The van der Waals surface area contributed by atoms with Crippen LogP contribution in [0.4, 0.5) is 0 Å². The van der Waals surface area contributed by atoms with Crippen LogP contribution in [0, 0.1) is 0 Å². The molecule has 3 aromatic carbocycles. The Morgan fingerprint density at radius 1 is 0.696 bits per heavy atom. The predicted molar refractivity (Wildman–Crippen MR) is 178 cm³/mol. The van der Waals surface area contributed by atoms with Crippen LogP contribution in [0.5, 0.6) is 5.75 Å². The third-order valence-corrected chi connectivity index (χ3v) is 9.33. The van der Waals surface area contributed by atoms with Crippen LogP contribution in [-0.4, -0.2) is 66.9 Å². The molecule has 11 nitrogen and oxygen atoms in total. The topological polar surface area (TPSA) is 166 Å². The van der Waals surface area contributed by atoms with E-state index in [0.29, 0.717) is 15.3 Å². The Morgan fingerprint density at radius 2 is 1.22 bits per heavy atom. The van der Waals surface area contributed by atoms with Crippen molar-refractivity contribution in [1.29, 1.82) is 0 Å². The Balaban J connectivity index is 1.32. The Labute approximate surface area is 272 Å². The van der Waals surface area contributed by atoms with Gasteiger partial charge in [-0.15, -0.1) is 22.7 Å². The molecule has 2 aromatic heterocycles. The first-order chi connectivity index (χ1) is 22.2. The van der Waals surface area contributed by atoms with Gasteiger partial charge in [-0.2, -0.15) is 0 Å². The maximum atomic E-state index is 13.6. The molecule has 0 aliphatic carbocycles. The van der Waals surface area contributed by atoms with Crippen LogP contribution < -0.4 is 26.6 Å². The first-order valence-corrected chi connectivity index (χ1v) is 16.0. The van der Waals surface area contributed by atoms with E-state index in [4.69, 9.17) is 0 Å². The van der Waals surface area contributed by atoms with E-state index in [2.05, 4.69) is 26.6 Å². The number of rotatable bonds is 12. The lowest BCUT2D eigenvalue weighted by Crippen LogP contribution is -2.56.